The van der Waals surface area contributed by atoms with Gasteiger partial charge in [-0.15, -0.1) is 0 Å². The van der Waals surface area contributed by atoms with Gasteiger partial charge in [-0.2, -0.15) is 0 Å². The standard InChI is InChI=1S/C13H25N3O2/c1-8(2)12(13(15)18)16-11(17)7-9-4-3-5-10(14)6-9/h8-10,12H,3-7,14H2,1-2H3,(H2,15,18)(H,16,17). The van der Waals surface area contributed by atoms with Crippen LogP contribution in [0.25, 0.3) is 0 Å². The lowest BCUT2D eigenvalue weighted by molar-refractivity contribution is -0.129. The molecule has 1 fully saturated rings. The van der Waals surface area contributed by atoms with E-state index in [0.29, 0.717) is 12.3 Å². The summed E-state index contributed by atoms with van der Waals surface area (Å²) in [7, 11) is 0. The Hall–Kier alpha value is -1.10. The Bertz CT molecular complexity index is 305. The molecule has 0 spiro atoms. The van der Waals surface area contributed by atoms with E-state index >= 15 is 0 Å². The first-order valence-electron chi connectivity index (χ1n) is 6.74. The summed E-state index contributed by atoms with van der Waals surface area (Å²) in [6.45, 7) is 3.73. The van der Waals surface area contributed by atoms with Gasteiger partial charge >= 0.3 is 0 Å². The van der Waals surface area contributed by atoms with Crippen LogP contribution in [-0.2, 0) is 9.59 Å². The molecule has 5 heteroatoms. The Balaban J connectivity index is 2.42. The van der Waals surface area contributed by atoms with E-state index in [-0.39, 0.29) is 17.9 Å². The second-order valence-corrected chi connectivity index (χ2v) is 5.69. The van der Waals surface area contributed by atoms with Gasteiger partial charge in [0.1, 0.15) is 6.04 Å². The Morgan fingerprint density at radius 3 is 2.50 bits per heavy atom. The largest absolute Gasteiger partial charge is 0.368 e. The van der Waals surface area contributed by atoms with Crippen LogP contribution in [0.4, 0.5) is 0 Å². The van der Waals surface area contributed by atoms with Gasteiger partial charge in [0, 0.05) is 12.5 Å². The zero-order valence-electron chi connectivity index (χ0n) is 11.3. The van der Waals surface area contributed by atoms with Crippen LogP contribution in [0.2, 0.25) is 0 Å². The lowest BCUT2D eigenvalue weighted by atomic mass is 9.84. The summed E-state index contributed by atoms with van der Waals surface area (Å²) in [6.07, 6.45) is 4.53. The topological polar surface area (TPSA) is 98.2 Å². The fraction of sp³-hybridized carbons (Fsp3) is 0.846. The molecule has 18 heavy (non-hydrogen) atoms. The molecule has 0 saturated heterocycles. The number of nitrogens with one attached hydrogen (secondary N) is 1. The van der Waals surface area contributed by atoms with E-state index in [1.807, 2.05) is 13.8 Å². The van der Waals surface area contributed by atoms with E-state index in [9.17, 15) is 9.59 Å². The molecule has 5 N–H and O–H groups in total. The molecule has 1 rings (SSSR count). The predicted molar refractivity (Wildman–Crippen MR) is 70.5 cm³/mol. The normalized spacial score (nSPS) is 25.8. The minimum Gasteiger partial charge on any atom is -0.368 e. The molecule has 3 unspecified atom stereocenters. The van der Waals surface area contributed by atoms with Gasteiger partial charge in [0.15, 0.2) is 0 Å². The maximum atomic E-state index is 11.9. The molecule has 5 nitrogen and oxygen atoms in total. The number of hydrogen-bond acceptors (Lipinski definition) is 3. The average Bonchev–Trinajstić information content (AvgIpc) is 2.25. The van der Waals surface area contributed by atoms with Crippen molar-refractivity contribution in [1.82, 2.24) is 5.32 Å². The molecule has 1 saturated carbocycles. The second-order valence-electron chi connectivity index (χ2n) is 5.69. The van der Waals surface area contributed by atoms with Crippen molar-refractivity contribution in [3.63, 3.8) is 0 Å². The number of carbonyl (C=O) groups excluding carboxylic acids is 2. The number of amides is 2. The highest BCUT2D eigenvalue weighted by atomic mass is 16.2. The molecule has 1 aliphatic rings. The van der Waals surface area contributed by atoms with Crippen molar-refractivity contribution >= 4 is 11.8 Å². The molecule has 0 radical (unpaired) electrons. The number of hydrogen-bond donors (Lipinski definition) is 3. The van der Waals surface area contributed by atoms with Gasteiger partial charge < -0.3 is 16.8 Å². The maximum absolute atomic E-state index is 11.9. The Morgan fingerprint density at radius 1 is 1.33 bits per heavy atom. The number of rotatable bonds is 5. The highest BCUT2D eigenvalue weighted by Gasteiger charge is 2.25. The van der Waals surface area contributed by atoms with Crippen LogP contribution in [0, 0.1) is 11.8 Å². The molecule has 0 heterocycles. The molecule has 0 aromatic rings. The van der Waals surface area contributed by atoms with E-state index in [4.69, 9.17) is 11.5 Å². The molecule has 3 atom stereocenters. The minimum absolute atomic E-state index is 0.0139. The predicted octanol–water partition coefficient (Wildman–Crippen LogP) is 0.520. The highest BCUT2D eigenvalue weighted by molar-refractivity contribution is 5.86. The molecule has 0 aliphatic heterocycles. The van der Waals surface area contributed by atoms with Crippen molar-refractivity contribution in [3.05, 3.63) is 0 Å². The number of nitrogens with two attached hydrogens (primary N) is 2. The molecular formula is C13H25N3O2. The zero-order chi connectivity index (χ0) is 13.7. The maximum Gasteiger partial charge on any atom is 0.240 e. The van der Waals surface area contributed by atoms with E-state index in [0.717, 1.165) is 25.7 Å². The van der Waals surface area contributed by atoms with E-state index < -0.39 is 11.9 Å². The Labute approximate surface area is 109 Å². The van der Waals surface area contributed by atoms with Crippen molar-refractivity contribution in [2.24, 2.45) is 23.3 Å². The summed E-state index contributed by atoms with van der Waals surface area (Å²) in [4.78, 5) is 23.1. The van der Waals surface area contributed by atoms with E-state index in [1.165, 1.54) is 0 Å². The van der Waals surface area contributed by atoms with E-state index in [1.54, 1.807) is 0 Å². The highest BCUT2D eigenvalue weighted by Crippen LogP contribution is 2.25. The van der Waals surface area contributed by atoms with Gasteiger partial charge in [-0.25, -0.2) is 0 Å². The van der Waals surface area contributed by atoms with Crippen molar-refractivity contribution < 1.29 is 9.59 Å². The molecule has 0 bridgehead atoms. The van der Waals surface area contributed by atoms with Gasteiger partial charge in [0.25, 0.3) is 0 Å². The SMILES string of the molecule is CC(C)C(NC(=O)CC1CCCC(N)C1)C(N)=O. The first-order chi connectivity index (χ1) is 8.40. The molecule has 0 aromatic heterocycles. The summed E-state index contributed by atoms with van der Waals surface area (Å²) >= 11 is 0. The van der Waals surface area contributed by atoms with Gasteiger partial charge in [-0.3, -0.25) is 9.59 Å². The molecule has 0 aromatic carbocycles. The van der Waals surface area contributed by atoms with Gasteiger partial charge in [-0.05, 0) is 31.1 Å². The fourth-order valence-electron chi connectivity index (χ4n) is 2.58. The first kappa shape index (κ1) is 15.0. The number of carbonyl (C=O) groups is 2. The van der Waals surface area contributed by atoms with Crippen LogP contribution in [0.1, 0.15) is 46.0 Å². The quantitative estimate of drug-likeness (QED) is 0.668. The molecule has 104 valence electrons. The third-order valence-electron chi connectivity index (χ3n) is 3.59. The van der Waals surface area contributed by atoms with Crippen LogP contribution >= 0.6 is 0 Å². The van der Waals surface area contributed by atoms with Crippen molar-refractivity contribution in [1.29, 1.82) is 0 Å². The lowest BCUT2D eigenvalue weighted by Gasteiger charge is -2.27. The van der Waals surface area contributed by atoms with Crippen molar-refractivity contribution in [2.75, 3.05) is 0 Å². The smallest absolute Gasteiger partial charge is 0.240 e. The van der Waals surface area contributed by atoms with Crippen molar-refractivity contribution in [2.45, 2.75) is 58.0 Å². The second kappa shape index (κ2) is 6.73. The van der Waals surface area contributed by atoms with Crippen LogP contribution in [0.3, 0.4) is 0 Å². The first-order valence-corrected chi connectivity index (χ1v) is 6.74. The van der Waals surface area contributed by atoms with Crippen molar-refractivity contribution in [3.8, 4) is 0 Å². The summed E-state index contributed by atoms with van der Waals surface area (Å²) in [6, 6.07) is -0.358. The van der Waals surface area contributed by atoms with Crippen LogP contribution < -0.4 is 16.8 Å². The Morgan fingerprint density at radius 2 is 2.00 bits per heavy atom. The molecular weight excluding hydrogens is 230 g/mol. The molecule has 2 amide bonds. The lowest BCUT2D eigenvalue weighted by Crippen LogP contribution is -2.48. The van der Waals surface area contributed by atoms with Gasteiger partial charge in [-0.1, -0.05) is 20.3 Å². The molecule has 1 aliphatic carbocycles. The van der Waals surface area contributed by atoms with Crippen LogP contribution in [0.15, 0.2) is 0 Å². The number of primary amides is 1. The third kappa shape index (κ3) is 4.64. The van der Waals surface area contributed by atoms with E-state index in [2.05, 4.69) is 5.32 Å². The third-order valence-corrected chi connectivity index (χ3v) is 3.59. The summed E-state index contributed by atoms with van der Waals surface area (Å²) in [5.74, 6) is -0.209. The van der Waals surface area contributed by atoms with Gasteiger partial charge in [0.05, 0.1) is 0 Å². The summed E-state index contributed by atoms with van der Waals surface area (Å²) < 4.78 is 0. The Kier molecular flexibility index (Phi) is 5.59. The monoisotopic (exact) mass is 255 g/mol. The minimum atomic E-state index is -0.574. The average molecular weight is 255 g/mol. The van der Waals surface area contributed by atoms with Crippen LogP contribution in [-0.4, -0.2) is 23.9 Å². The van der Waals surface area contributed by atoms with Crippen LogP contribution in [0.5, 0.6) is 0 Å². The fourth-order valence-corrected chi connectivity index (χ4v) is 2.58. The zero-order valence-corrected chi connectivity index (χ0v) is 11.3. The van der Waals surface area contributed by atoms with Gasteiger partial charge in [0.2, 0.25) is 11.8 Å². The summed E-state index contributed by atoms with van der Waals surface area (Å²) in [5.41, 5.74) is 11.2. The summed E-state index contributed by atoms with van der Waals surface area (Å²) in [5, 5.41) is 2.72.